The van der Waals surface area contributed by atoms with Crippen LogP contribution in [0.2, 0.25) is 0 Å². The van der Waals surface area contributed by atoms with Crippen molar-refractivity contribution in [1.29, 1.82) is 0 Å². The SMILES string of the molecule is CC12CCC(c3cccc(CC=CCO)c3)CC1O2. The summed E-state index contributed by atoms with van der Waals surface area (Å²) in [6, 6.07) is 8.87. The number of aliphatic hydroxyl groups is 1. The third-order valence-electron chi connectivity index (χ3n) is 4.57. The maximum atomic E-state index is 8.76. The van der Waals surface area contributed by atoms with E-state index in [1.165, 1.54) is 30.4 Å². The van der Waals surface area contributed by atoms with Crippen LogP contribution in [0.25, 0.3) is 0 Å². The Morgan fingerprint density at radius 2 is 2.32 bits per heavy atom. The number of hydrogen-bond donors (Lipinski definition) is 1. The molecule has 19 heavy (non-hydrogen) atoms. The molecule has 1 saturated heterocycles. The number of fused-ring (bicyclic) bond motifs is 1. The highest BCUT2D eigenvalue weighted by atomic mass is 16.6. The Kier molecular flexibility index (Phi) is 3.46. The van der Waals surface area contributed by atoms with Crippen LogP contribution in [0, 0.1) is 0 Å². The molecule has 2 nitrogen and oxygen atoms in total. The monoisotopic (exact) mass is 258 g/mol. The number of hydrogen-bond acceptors (Lipinski definition) is 2. The molecule has 1 saturated carbocycles. The van der Waals surface area contributed by atoms with Crippen molar-refractivity contribution >= 4 is 0 Å². The quantitative estimate of drug-likeness (QED) is 0.664. The first-order valence-corrected chi connectivity index (χ1v) is 7.24. The van der Waals surface area contributed by atoms with Crippen LogP contribution in [0.15, 0.2) is 36.4 Å². The predicted molar refractivity (Wildman–Crippen MR) is 76.2 cm³/mol. The van der Waals surface area contributed by atoms with Crippen molar-refractivity contribution < 1.29 is 9.84 Å². The summed E-state index contributed by atoms with van der Waals surface area (Å²) in [5, 5.41) is 8.76. The van der Waals surface area contributed by atoms with Crippen LogP contribution >= 0.6 is 0 Å². The molecule has 3 rings (SSSR count). The van der Waals surface area contributed by atoms with Gasteiger partial charge in [0.2, 0.25) is 0 Å². The zero-order chi connectivity index (χ0) is 13.3. The Bertz CT molecular complexity index is 480. The Hall–Kier alpha value is -1.12. The Morgan fingerprint density at radius 3 is 3.11 bits per heavy atom. The molecular weight excluding hydrogens is 236 g/mol. The molecule has 3 unspecified atom stereocenters. The molecule has 102 valence electrons. The number of aliphatic hydroxyl groups excluding tert-OH is 1. The first-order valence-electron chi connectivity index (χ1n) is 7.24. The van der Waals surface area contributed by atoms with Gasteiger partial charge in [0.05, 0.1) is 18.3 Å². The molecule has 1 aliphatic heterocycles. The van der Waals surface area contributed by atoms with E-state index in [4.69, 9.17) is 9.84 Å². The van der Waals surface area contributed by atoms with Crippen molar-refractivity contribution in [3.63, 3.8) is 0 Å². The summed E-state index contributed by atoms with van der Waals surface area (Å²) >= 11 is 0. The van der Waals surface area contributed by atoms with E-state index >= 15 is 0 Å². The van der Waals surface area contributed by atoms with Crippen LogP contribution < -0.4 is 0 Å². The summed E-state index contributed by atoms with van der Waals surface area (Å²) in [6.45, 7) is 2.36. The smallest absolute Gasteiger partial charge is 0.0920 e. The zero-order valence-electron chi connectivity index (χ0n) is 11.5. The molecule has 1 aromatic rings. The molecule has 3 atom stereocenters. The van der Waals surface area contributed by atoms with Gasteiger partial charge >= 0.3 is 0 Å². The fraction of sp³-hybridized carbons (Fsp3) is 0.529. The normalized spacial score (nSPS) is 33.4. The third kappa shape index (κ3) is 2.75. The molecule has 2 fully saturated rings. The molecule has 1 aliphatic carbocycles. The van der Waals surface area contributed by atoms with Crippen LogP contribution in [0.1, 0.15) is 43.2 Å². The summed E-state index contributed by atoms with van der Waals surface area (Å²) in [5.41, 5.74) is 2.98. The van der Waals surface area contributed by atoms with Crippen LogP contribution in [0.5, 0.6) is 0 Å². The van der Waals surface area contributed by atoms with Gasteiger partial charge in [0, 0.05) is 0 Å². The van der Waals surface area contributed by atoms with Crippen molar-refractivity contribution in [2.24, 2.45) is 0 Å². The average Bonchev–Trinajstić information content (AvgIpc) is 3.10. The largest absolute Gasteiger partial charge is 0.392 e. The molecule has 0 bridgehead atoms. The van der Waals surface area contributed by atoms with Crippen LogP contribution in [-0.4, -0.2) is 23.4 Å². The fourth-order valence-electron chi connectivity index (χ4n) is 3.22. The van der Waals surface area contributed by atoms with Crippen molar-refractivity contribution in [1.82, 2.24) is 0 Å². The molecule has 1 heterocycles. The van der Waals surface area contributed by atoms with E-state index in [0.717, 1.165) is 6.42 Å². The van der Waals surface area contributed by atoms with E-state index in [-0.39, 0.29) is 12.2 Å². The molecule has 0 amide bonds. The minimum absolute atomic E-state index is 0.125. The van der Waals surface area contributed by atoms with Gasteiger partial charge in [0.15, 0.2) is 0 Å². The summed E-state index contributed by atoms with van der Waals surface area (Å²) < 4.78 is 5.79. The van der Waals surface area contributed by atoms with Crippen LogP contribution in [0.4, 0.5) is 0 Å². The van der Waals surface area contributed by atoms with Gasteiger partial charge in [-0.1, -0.05) is 36.4 Å². The van der Waals surface area contributed by atoms with Gasteiger partial charge in [0.1, 0.15) is 0 Å². The number of epoxide rings is 1. The van der Waals surface area contributed by atoms with Gasteiger partial charge < -0.3 is 9.84 Å². The topological polar surface area (TPSA) is 32.8 Å². The second kappa shape index (κ2) is 5.10. The third-order valence-corrected chi connectivity index (χ3v) is 4.57. The van der Waals surface area contributed by atoms with E-state index in [1.807, 2.05) is 6.08 Å². The minimum Gasteiger partial charge on any atom is -0.392 e. The van der Waals surface area contributed by atoms with Gasteiger partial charge in [-0.2, -0.15) is 0 Å². The zero-order valence-corrected chi connectivity index (χ0v) is 11.5. The number of benzene rings is 1. The first-order chi connectivity index (χ1) is 9.21. The lowest BCUT2D eigenvalue weighted by molar-refractivity contribution is 0.304. The predicted octanol–water partition coefficient (Wildman–Crippen LogP) is 3.20. The molecule has 0 spiro atoms. The summed E-state index contributed by atoms with van der Waals surface area (Å²) in [5.74, 6) is 0.655. The van der Waals surface area contributed by atoms with Gasteiger partial charge in [-0.3, -0.25) is 0 Å². The highest BCUT2D eigenvalue weighted by Crippen LogP contribution is 2.51. The van der Waals surface area contributed by atoms with Crippen molar-refractivity contribution in [3.05, 3.63) is 47.5 Å². The average molecular weight is 258 g/mol. The summed E-state index contributed by atoms with van der Waals surface area (Å²) in [6.07, 6.45) is 8.83. The molecule has 2 heteroatoms. The van der Waals surface area contributed by atoms with E-state index in [2.05, 4.69) is 31.2 Å². The summed E-state index contributed by atoms with van der Waals surface area (Å²) in [7, 11) is 0. The van der Waals surface area contributed by atoms with Gasteiger partial charge in [-0.05, 0) is 49.7 Å². The highest BCUT2D eigenvalue weighted by molar-refractivity contribution is 5.29. The number of ether oxygens (including phenoxy) is 1. The van der Waals surface area contributed by atoms with Gasteiger partial charge in [-0.15, -0.1) is 0 Å². The summed E-state index contributed by atoms with van der Waals surface area (Å²) in [4.78, 5) is 0. The van der Waals surface area contributed by atoms with E-state index < -0.39 is 0 Å². The second-order valence-electron chi connectivity index (χ2n) is 5.99. The van der Waals surface area contributed by atoms with E-state index in [0.29, 0.717) is 12.0 Å². The highest BCUT2D eigenvalue weighted by Gasteiger charge is 2.55. The number of allylic oxidation sites excluding steroid dienone is 1. The van der Waals surface area contributed by atoms with E-state index in [1.54, 1.807) is 6.08 Å². The lowest BCUT2D eigenvalue weighted by Crippen LogP contribution is -2.20. The first kappa shape index (κ1) is 12.9. The van der Waals surface area contributed by atoms with E-state index in [9.17, 15) is 0 Å². The molecule has 2 aliphatic rings. The van der Waals surface area contributed by atoms with Crippen molar-refractivity contribution in [2.75, 3.05) is 6.61 Å². The number of rotatable bonds is 4. The Labute approximate surface area is 115 Å². The lowest BCUT2D eigenvalue weighted by Gasteiger charge is -2.23. The fourth-order valence-corrected chi connectivity index (χ4v) is 3.22. The maximum absolute atomic E-state index is 8.76. The van der Waals surface area contributed by atoms with Crippen LogP contribution in [0.3, 0.4) is 0 Å². The Balaban J connectivity index is 1.67. The van der Waals surface area contributed by atoms with Crippen LogP contribution in [-0.2, 0) is 11.2 Å². The van der Waals surface area contributed by atoms with Crippen molar-refractivity contribution in [3.8, 4) is 0 Å². The molecule has 0 aromatic heterocycles. The van der Waals surface area contributed by atoms with Gasteiger partial charge in [0.25, 0.3) is 0 Å². The molecule has 1 aromatic carbocycles. The molecule has 0 radical (unpaired) electrons. The second-order valence-corrected chi connectivity index (χ2v) is 5.99. The standard InChI is InChI=1S/C17H22O2/c1-17-9-8-15(12-16(17)19-17)14-7-4-6-13(11-14)5-2-3-10-18/h2-4,6-7,11,15-16,18H,5,8-10,12H2,1H3. The van der Waals surface area contributed by atoms with Gasteiger partial charge in [-0.25, -0.2) is 0 Å². The maximum Gasteiger partial charge on any atom is 0.0920 e. The minimum atomic E-state index is 0.125. The Morgan fingerprint density at radius 1 is 1.42 bits per heavy atom. The van der Waals surface area contributed by atoms with Crippen molar-refractivity contribution in [2.45, 2.75) is 50.2 Å². The molecule has 1 N–H and O–H groups in total. The lowest BCUT2D eigenvalue weighted by atomic mass is 9.79. The molecular formula is C17H22O2.